The fourth-order valence-electron chi connectivity index (χ4n) is 2.24. The third-order valence-electron chi connectivity index (χ3n) is 3.92. The summed E-state index contributed by atoms with van der Waals surface area (Å²) in [7, 11) is 0. The summed E-state index contributed by atoms with van der Waals surface area (Å²) in [5.74, 6) is -0.319. The average Bonchev–Trinajstić information content (AvgIpc) is 2.54. The molecule has 0 spiro atoms. The number of rotatable bonds is 5. The van der Waals surface area contributed by atoms with Crippen molar-refractivity contribution in [3.05, 3.63) is 71.8 Å². The van der Waals surface area contributed by atoms with E-state index in [1.54, 1.807) is 12.1 Å². The van der Waals surface area contributed by atoms with Gasteiger partial charge in [0.25, 0.3) is 0 Å². The van der Waals surface area contributed by atoms with Crippen LogP contribution in [0.15, 0.2) is 55.1 Å². The number of hydrogen-bond acceptors (Lipinski definition) is 4. The Morgan fingerprint density at radius 1 is 1.04 bits per heavy atom. The van der Waals surface area contributed by atoms with E-state index < -0.39 is 5.41 Å². The first-order valence-electron chi connectivity index (χ1n) is 7.46. The molecule has 24 heavy (non-hydrogen) atoms. The molecule has 124 valence electrons. The van der Waals surface area contributed by atoms with Gasteiger partial charge in [-0.25, -0.2) is 0 Å². The Morgan fingerprint density at radius 3 is 2.25 bits per heavy atom. The molecule has 2 aromatic carbocycles. The highest BCUT2D eigenvalue weighted by Crippen LogP contribution is 2.36. The first-order valence-corrected chi connectivity index (χ1v) is 7.46. The van der Waals surface area contributed by atoms with E-state index in [0.29, 0.717) is 16.7 Å². The lowest BCUT2D eigenvalue weighted by Gasteiger charge is -2.22. The summed E-state index contributed by atoms with van der Waals surface area (Å²) in [4.78, 5) is 12.1. The van der Waals surface area contributed by atoms with Crippen LogP contribution in [-0.2, 0) is 5.41 Å². The molecule has 0 unspecified atom stereocenters. The van der Waals surface area contributed by atoms with Crippen LogP contribution in [0.3, 0.4) is 0 Å². The van der Waals surface area contributed by atoms with Crippen LogP contribution in [0.5, 0.6) is 17.2 Å². The highest BCUT2D eigenvalue weighted by molar-refractivity contribution is 6.07. The van der Waals surface area contributed by atoms with Gasteiger partial charge in [0.05, 0.1) is 0 Å². The van der Waals surface area contributed by atoms with Gasteiger partial charge >= 0.3 is 0 Å². The Kier molecular flexibility index (Phi) is 4.79. The van der Waals surface area contributed by atoms with Gasteiger partial charge in [0.1, 0.15) is 17.2 Å². The highest BCUT2D eigenvalue weighted by atomic mass is 16.3. The number of allylic oxidation sites excluding steroid dienone is 2. The zero-order chi connectivity index (χ0) is 17.9. The van der Waals surface area contributed by atoms with E-state index in [4.69, 9.17) is 0 Å². The minimum Gasteiger partial charge on any atom is -0.508 e. The van der Waals surface area contributed by atoms with E-state index in [-0.39, 0.29) is 23.0 Å². The number of carbonyl (C=O) groups is 1. The monoisotopic (exact) mass is 324 g/mol. The van der Waals surface area contributed by atoms with Crippen molar-refractivity contribution in [1.29, 1.82) is 0 Å². The molecule has 0 aromatic heterocycles. The van der Waals surface area contributed by atoms with Crippen LogP contribution in [0.2, 0.25) is 0 Å². The van der Waals surface area contributed by atoms with Gasteiger partial charge in [-0.05, 0) is 42.5 Å². The molecular formula is C20H20O4. The molecule has 0 heterocycles. The predicted molar refractivity (Wildman–Crippen MR) is 94.5 cm³/mol. The summed E-state index contributed by atoms with van der Waals surface area (Å²) in [6.45, 7) is 7.54. The van der Waals surface area contributed by atoms with Gasteiger partial charge in [-0.1, -0.05) is 19.9 Å². The first-order chi connectivity index (χ1) is 11.2. The molecule has 0 aliphatic rings. The summed E-state index contributed by atoms with van der Waals surface area (Å²) in [5.41, 5.74) is 0.965. The third-order valence-corrected chi connectivity index (χ3v) is 3.92. The number of aromatic hydroxyl groups is 3. The SMILES string of the molecule is C=CC(C)(C)c1cc(C=CC(=O)c2ccc(O)cc2)c(O)cc1O. The minimum atomic E-state index is -0.485. The molecular weight excluding hydrogens is 304 g/mol. The maximum absolute atomic E-state index is 12.1. The minimum absolute atomic E-state index is 0.0283. The molecule has 3 N–H and O–H groups in total. The van der Waals surface area contributed by atoms with Crippen LogP contribution in [0, 0.1) is 0 Å². The van der Waals surface area contributed by atoms with Gasteiger partial charge in [-0.3, -0.25) is 4.79 Å². The summed E-state index contributed by atoms with van der Waals surface area (Å²) < 4.78 is 0. The third kappa shape index (κ3) is 3.66. The van der Waals surface area contributed by atoms with E-state index in [2.05, 4.69) is 6.58 Å². The molecule has 0 saturated heterocycles. The number of phenols is 3. The number of phenolic OH excluding ortho intramolecular Hbond substituents is 3. The second kappa shape index (κ2) is 6.62. The van der Waals surface area contributed by atoms with Crippen LogP contribution in [0.1, 0.15) is 35.3 Å². The molecule has 2 rings (SSSR count). The molecule has 0 aliphatic carbocycles. The quantitative estimate of drug-likeness (QED) is 0.438. The van der Waals surface area contributed by atoms with E-state index in [1.807, 2.05) is 13.8 Å². The lowest BCUT2D eigenvalue weighted by molar-refractivity contribution is 0.104. The Hall–Kier alpha value is -3.01. The maximum Gasteiger partial charge on any atom is 0.185 e. The molecule has 2 aromatic rings. The van der Waals surface area contributed by atoms with Gasteiger partial charge in [0.15, 0.2) is 5.78 Å². The Balaban J connectivity index is 2.35. The van der Waals surface area contributed by atoms with Crippen molar-refractivity contribution in [3.63, 3.8) is 0 Å². The van der Waals surface area contributed by atoms with E-state index in [1.165, 1.54) is 42.5 Å². The zero-order valence-corrected chi connectivity index (χ0v) is 13.7. The second-order valence-corrected chi connectivity index (χ2v) is 6.10. The average molecular weight is 324 g/mol. The van der Waals surface area contributed by atoms with E-state index in [9.17, 15) is 20.1 Å². The predicted octanol–water partition coefficient (Wildman–Crippen LogP) is 4.16. The van der Waals surface area contributed by atoms with Gasteiger partial charge in [-0.15, -0.1) is 6.58 Å². The van der Waals surface area contributed by atoms with Crippen molar-refractivity contribution < 1.29 is 20.1 Å². The molecule has 0 saturated carbocycles. The highest BCUT2D eigenvalue weighted by Gasteiger charge is 2.21. The van der Waals surface area contributed by atoms with Gasteiger partial charge in [-0.2, -0.15) is 0 Å². The lowest BCUT2D eigenvalue weighted by atomic mass is 9.83. The molecule has 4 heteroatoms. The lowest BCUT2D eigenvalue weighted by Crippen LogP contribution is -2.13. The first kappa shape index (κ1) is 17.3. The number of ketones is 1. The smallest absolute Gasteiger partial charge is 0.185 e. The van der Waals surface area contributed by atoms with Gasteiger partial charge in [0, 0.05) is 28.2 Å². The molecule has 0 fully saturated rings. The van der Waals surface area contributed by atoms with Crippen molar-refractivity contribution in [3.8, 4) is 17.2 Å². The van der Waals surface area contributed by atoms with Crippen LogP contribution >= 0.6 is 0 Å². The molecule has 0 aliphatic heterocycles. The van der Waals surface area contributed by atoms with Crippen molar-refractivity contribution in [2.45, 2.75) is 19.3 Å². The number of hydrogen-bond donors (Lipinski definition) is 3. The second-order valence-electron chi connectivity index (χ2n) is 6.10. The van der Waals surface area contributed by atoms with E-state index >= 15 is 0 Å². The number of carbonyl (C=O) groups excluding carboxylic acids is 1. The fourth-order valence-corrected chi connectivity index (χ4v) is 2.24. The van der Waals surface area contributed by atoms with Crippen LogP contribution in [-0.4, -0.2) is 21.1 Å². The molecule has 4 nitrogen and oxygen atoms in total. The van der Waals surface area contributed by atoms with Crippen molar-refractivity contribution in [2.75, 3.05) is 0 Å². The fraction of sp³-hybridized carbons (Fsp3) is 0.150. The van der Waals surface area contributed by atoms with Crippen LogP contribution in [0.25, 0.3) is 6.08 Å². The van der Waals surface area contributed by atoms with Crippen LogP contribution in [0.4, 0.5) is 0 Å². The Morgan fingerprint density at radius 2 is 1.67 bits per heavy atom. The van der Waals surface area contributed by atoms with Gasteiger partial charge in [0.2, 0.25) is 0 Å². The van der Waals surface area contributed by atoms with Crippen molar-refractivity contribution in [1.82, 2.24) is 0 Å². The maximum atomic E-state index is 12.1. The summed E-state index contributed by atoms with van der Waals surface area (Å²) >= 11 is 0. The Labute approximate surface area is 141 Å². The topological polar surface area (TPSA) is 77.8 Å². The molecule has 0 atom stereocenters. The van der Waals surface area contributed by atoms with E-state index in [0.717, 1.165) is 0 Å². The normalized spacial score (nSPS) is 11.6. The standard InChI is InChI=1S/C20H20O4/c1-4-20(2,3)16-11-14(18(23)12-19(16)24)7-10-17(22)13-5-8-15(21)9-6-13/h4-12,21,23-24H,1H2,2-3H3. The number of benzene rings is 2. The van der Waals surface area contributed by atoms with Crippen LogP contribution < -0.4 is 0 Å². The molecule has 0 bridgehead atoms. The van der Waals surface area contributed by atoms with Crippen molar-refractivity contribution >= 4 is 11.9 Å². The van der Waals surface area contributed by atoms with Gasteiger partial charge < -0.3 is 15.3 Å². The summed E-state index contributed by atoms with van der Waals surface area (Å²) in [5, 5.41) is 29.3. The summed E-state index contributed by atoms with van der Waals surface area (Å²) in [6, 6.07) is 8.79. The van der Waals surface area contributed by atoms with Crippen molar-refractivity contribution in [2.24, 2.45) is 0 Å². The summed E-state index contributed by atoms with van der Waals surface area (Å²) in [6.07, 6.45) is 4.53. The molecule has 0 amide bonds. The molecule has 0 radical (unpaired) electrons. The largest absolute Gasteiger partial charge is 0.508 e. The zero-order valence-electron chi connectivity index (χ0n) is 13.7. The Bertz CT molecular complexity index is 799.